The first-order valence-corrected chi connectivity index (χ1v) is 7.21. The minimum atomic E-state index is -3.63. The third kappa shape index (κ3) is 5.37. The molecule has 3 N–H and O–H groups in total. The number of amides is 1. The molecule has 1 rings (SSSR count). The highest BCUT2D eigenvalue weighted by atomic mass is 32.2. The van der Waals surface area contributed by atoms with Crippen molar-refractivity contribution in [1.82, 2.24) is 20.0 Å². The highest BCUT2D eigenvalue weighted by Crippen LogP contribution is 2.04. The summed E-state index contributed by atoms with van der Waals surface area (Å²) in [7, 11) is -2.10. The van der Waals surface area contributed by atoms with E-state index in [2.05, 4.69) is 20.0 Å². The Morgan fingerprint density at radius 2 is 2.21 bits per heavy atom. The van der Waals surface area contributed by atoms with Crippen LogP contribution in [-0.2, 0) is 19.6 Å². The van der Waals surface area contributed by atoms with E-state index >= 15 is 0 Å². The van der Waals surface area contributed by atoms with Gasteiger partial charge in [0.1, 0.15) is 5.82 Å². The molecule has 0 spiro atoms. The number of aryl methyl sites for hydroxylation is 1. The molecule has 1 heterocycles. The third-order valence-electron chi connectivity index (χ3n) is 2.24. The Morgan fingerprint density at radius 3 is 2.79 bits per heavy atom. The molecule has 108 valence electrons. The summed E-state index contributed by atoms with van der Waals surface area (Å²) in [6.07, 6.45) is 1.30. The van der Waals surface area contributed by atoms with Crippen LogP contribution in [0.25, 0.3) is 0 Å². The summed E-state index contributed by atoms with van der Waals surface area (Å²) in [5.74, 6) is 0.276. The van der Waals surface area contributed by atoms with Gasteiger partial charge in [0.25, 0.3) is 10.0 Å². The first-order valence-electron chi connectivity index (χ1n) is 5.72. The number of nitrogens with zero attached hydrogens (tertiary/aromatic N) is 1. The third-order valence-corrected chi connectivity index (χ3v) is 3.61. The zero-order chi connectivity index (χ0) is 14.3. The molecule has 0 aliphatic carbocycles. The molecule has 0 bridgehead atoms. The van der Waals surface area contributed by atoms with Crippen LogP contribution in [0.5, 0.6) is 0 Å². The van der Waals surface area contributed by atoms with E-state index in [1.165, 1.54) is 13.3 Å². The lowest BCUT2D eigenvalue weighted by Gasteiger charge is -2.06. The number of ether oxygens (including phenoxy) is 1. The van der Waals surface area contributed by atoms with E-state index in [1.807, 2.05) is 0 Å². The second-order valence-corrected chi connectivity index (χ2v) is 5.56. The first kappa shape index (κ1) is 15.6. The number of aromatic nitrogens is 2. The molecule has 0 aromatic carbocycles. The number of sulfonamides is 1. The lowest BCUT2D eigenvalue weighted by Crippen LogP contribution is -2.32. The summed E-state index contributed by atoms with van der Waals surface area (Å²) < 4.78 is 30.6. The van der Waals surface area contributed by atoms with Gasteiger partial charge in [-0.25, -0.2) is 18.1 Å². The van der Waals surface area contributed by atoms with E-state index in [0.717, 1.165) is 0 Å². The van der Waals surface area contributed by atoms with E-state index in [9.17, 15) is 13.2 Å². The molecule has 19 heavy (non-hydrogen) atoms. The Hall–Kier alpha value is -1.45. The van der Waals surface area contributed by atoms with Gasteiger partial charge in [-0.15, -0.1) is 0 Å². The summed E-state index contributed by atoms with van der Waals surface area (Å²) in [5, 5.41) is 2.59. The summed E-state index contributed by atoms with van der Waals surface area (Å²) in [4.78, 5) is 17.7. The minimum Gasteiger partial charge on any atom is -0.383 e. The number of carbonyl (C=O) groups excluding carboxylic acids is 1. The zero-order valence-electron chi connectivity index (χ0n) is 10.9. The molecule has 0 saturated carbocycles. The van der Waals surface area contributed by atoms with Crippen molar-refractivity contribution >= 4 is 15.9 Å². The van der Waals surface area contributed by atoms with Crippen LogP contribution in [0.2, 0.25) is 0 Å². The molecular formula is C10H18N4O4S. The largest absolute Gasteiger partial charge is 0.383 e. The van der Waals surface area contributed by atoms with Gasteiger partial charge in [-0.1, -0.05) is 0 Å². The van der Waals surface area contributed by atoms with Gasteiger partial charge in [0, 0.05) is 26.6 Å². The number of rotatable bonds is 8. The Labute approximate surface area is 112 Å². The number of methoxy groups -OCH3 is 1. The number of imidazole rings is 1. The lowest BCUT2D eigenvalue weighted by atomic mass is 10.4. The number of H-pyrrole nitrogens is 1. The molecular weight excluding hydrogens is 272 g/mol. The normalized spacial score (nSPS) is 11.5. The van der Waals surface area contributed by atoms with Crippen LogP contribution in [0.3, 0.4) is 0 Å². The molecule has 1 amide bonds. The fraction of sp³-hybridized carbons (Fsp3) is 0.600. The van der Waals surface area contributed by atoms with Crippen LogP contribution in [0.4, 0.5) is 0 Å². The van der Waals surface area contributed by atoms with Crippen LogP contribution in [0, 0.1) is 6.92 Å². The Kier molecular flexibility index (Phi) is 5.93. The fourth-order valence-electron chi connectivity index (χ4n) is 1.29. The van der Waals surface area contributed by atoms with Crippen molar-refractivity contribution in [1.29, 1.82) is 0 Å². The van der Waals surface area contributed by atoms with Gasteiger partial charge in [0.05, 0.1) is 12.8 Å². The van der Waals surface area contributed by atoms with Crippen LogP contribution in [0.15, 0.2) is 11.2 Å². The molecule has 0 aliphatic heterocycles. The van der Waals surface area contributed by atoms with Crippen molar-refractivity contribution in [3.05, 3.63) is 12.0 Å². The fourth-order valence-corrected chi connectivity index (χ4v) is 2.29. The molecule has 0 radical (unpaired) electrons. The molecule has 1 aromatic rings. The Bertz CT molecular complexity index is 511. The van der Waals surface area contributed by atoms with Crippen molar-refractivity contribution in [3.63, 3.8) is 0 Å². The van der Waals surface area contributed by atoms with Crippen molar-refractivity contribution in [3.8, 4) is 0 Å². The summed E-state index contributed by atoms with van der Waals surface area (Å²) >= 11 is 0. The lowest BCUT2D eigenvalue weighted by molar-refractivity contribution is -0.121. The van der Waals surface area contributed by atoms with Crippen molar-refractivity contribution in [2.45, 2.75) is 18.4 Å². The van der Waals surface area contributed by atoms with E-state index in [4.69, 9.17) is 4.74 Å². The predicted molar refractivity (Wildman–Crippen MR) is 68.0 cm³/mol. The Balaban J connectivity index is 2.34. The highest BCUT2D eigenvalue weighted by Gasteiger charge is 2.16. The van der Waals surface area contributed by atoms with Gasteiger partial charge >= 0.3 is 0 Å². The molecule has 8 nitrogen and oxygen atoms in total. The van der Waals surface area contributed by atoms with Gasteiger partial charge in [0.2, 0.25) is 5.91 Å². The number of carbonyl (C=O) groups is 1. The molecule has 0 fully saturated rings. The molecule has 9 heteroatoms. The first-order chi connectivity index (χ1) is 8.95. The van der Waals surface area contributed by atoms with Gasteiger partial charge in [-0.2, -0.15) is 0 Å². The average Bonchev–Trinajstić information content (AvgIpc) is 2.77. The number of aromatic amines is 1. The maximum Gasteiger partial charge on any atom is 0.257 e. The van der Waals surface area contributed by atoms with E-state index in [0.29, 0.717) is 19.0 Å². The quantitative estimate of drug-likeness (QED) is 0.540. The summed E-state index contributed by atoms with van der Waals surface area (Å²) in [6.45, 7) is 2.51. The minimum absolute atomic E-state index is 0.00945. The van der Waals surface area contributed by atoms with Gasteiger partial charge in [-0.3, -0.25) is 4.79 Å². The maximum atomic E-state index is 11.8. The Morgan fingerprint density at radius 1 is 1.47 bits per heavy atom. The van der Waals surface area contributed by atoms with Gasteiger partial charge in [0.15, 0.2) is 5.03 Å². The molecule has 0 aliphatic rings. The standard InChI is InChI=1S/C10H18N4O4S/c1-8-12-7-10(14-8)19(16,17)13-4-3-9(15)11-5-6-18-2/h7,13H,3-6H2,1-2H3,(H,11,15)(H,12,14). The SMILES string of the molecule is COCCNC(=O)CCNS(=O)(=O)c1cnc(C)[nH]1. The van der Waals surface area contributed by atoms with Crippen LogP contribution in [-0.4, -0.2) is 51.1 Å². The summed E-state index contributed by atoms with van der Waals surface area (Å²) in [6, 6.07) is 0. The summed E-state index contributed by atoms with van der Waals surface area (Å²) in [5.41, 5.74) is 0. The van der Waals surface area contributed by atoms with Crippen molar-refractivity contribution in [2.24, 2.45) is 0 Å². The topological polar surface area (TPSA) is 113 Å². The van der Waals surface area contributed by atoms with E-state index < -0.39 is 10.0 Å². The second-order valence-electron chi connectivity index (χ2n) is 3.82. The van der Waals surface area contributed by atoms with Crippen LogP contribution in [0.1, 0.15) is 12.2 Å². The second kappa shape index (κ2) is 7.22. The van der Waals surface area contributed by atoms with Gasteiger partial charge in [-0.05, 0) is 6.92 Å². The number of hydrogen-bond acceptors (Lipinski definition) is 5. The van der Waals surface area contributed by atoms with Gasteiger partial charge < -0.3 is 15.0 Å². The monoisotopic (exact) mass is 290 g/mol. The molecule has 0 unspecified atom stereocenters. The molecule has 0 saturated heterocycles. The van der Waals surface area contributed by atoms with Crippen LogP contribution >= 0.6 is 0 Å². The zero-order valence-corrected chi connectivity index (χ0v) is 11.7. The molecule has 0 atom stereocenters. The van der Waals surface area contributed by atoms with Crippen molar-refractivity contribution < 1.29 is 17.9 Å². The maximum absolute atomic E-state index is 11.8. The molecule has 1 aromatic heterocycles. The van der Waals surface area contributed by atoms with Crippen LogP contribution < -0.4 is 10.0 Å². The van der Waals surface area contributed by atoms with Crippen molar-refractivity contribution in [2.75, 3.05) is 26.8 Å². The predicted octanol–water partition coefficient (Wildman–Crippen LogP) is -0.851. The van der Waals surface area contributed by atoms with E-state index in [-0.39, 0.29) is 23.9 Å². The smallest absolute Gasteiger partial charge is 0.257 e. The number of nitrogens with one attached hydrogen (secondary N) is 3. The van der Waals surface area contributed by atoms with E-state index in [1.54, 1.807) is 6.92 Å². The average molecular weight is 290 g/mol. The highest BCUT2D eigenvalue weighted by molar-refractivity contribution is 7.89. The number of hydrogen-bond donors (Lipinski definition) is 3.